The molecule has 2 heterocycles. The number of hydrogen-bond acceptors (Lipinski definition) is 10. The molecular weight excluding hydrogens is 799 g/mol. The summed E-state index contributed by atoms with van der Waals surface area (Å²) < 4.78 is 44.5. The fourth-order valence-electron chi connectivity index (χ4n) is 5.06. The smallest absolute Gasteiger partial charge is 0.444 e. The molecular formula is C35H49Br2FN4O9. The molecule has 1 aromatic heterocycles. The first-order valence-corrected chi connectivity index (χ1v) is 18.0. The Labute approximate surface area is 315 Å². The molecule has 0 saturated carbocycles. The third-order valence-electron chi connectivity index (χ3n) is 7.08. The maximum absolute atomic E-state index is 14.6. The highest BCUT2D eigenvalue weighted by atomic mass is 79.9. The van der Waals surface area contributed by atoms with E-state index in [1.165, 1.54) is 16.8 Å². The van der Waals surface area contributed by atoms with E-state index in [2.05, 4.69) is 37.0 Å². The molecule has 284 valence electrons. The van der Waals surface area contributed by atoms with Crippen molar-refractivity contribution in [1.29, 1.82) is 0 Å². The fourth-order valence-corrected chi connectivity index (χ4v) is 6.53. The first kappa shape index (κ1) is 42.0. The Balaban J connectivity index is 2.44. The van der Waals surface area contributed by atoms with Crippen LogP contribution in [-0.4, -0.2) is 74.6 Å². The molecule has 16 heteroatoms. The van der Waals surface area contributed by atoms with E-state index in [1.54, 1.807) is 88.0 Å². The van der Waals surface area contributed by atoms with Gasteiger partial charge < -0.3 is 28.6 Å². The van der Waals surface area contributed by atoms with Crippen molar-refractivity contribution in [2.75, 3.05) is 18.0 Å². The van der Waals surface area contributed by atoms with Gasteiger partial charge in [-0.15, -0.1) is 5.10 Å². The van der Waals surface area contributed by atoms with Gasteiger partial charge in [0.25, 0.3) is 5.88 Å². The van der Waals surface area contributed by atoms with Crippen LogP contribution in [0.25, 0.3) is 5.69 Å². The van der Waals surface area contributed by atoms with Crippen LogP contribution in [0.3, 0.4) is 0 Å². The number of benzene rings is 1. The molecule has 3 rings (SSSR count). The van der Waals surface area contributed by atoms with Gasteiger partial charge in [-0.05, 0) is 140 Å². The summed E-state index contributed by atoms with van der Waals surface area (Å²) in [5.41, 5.74) is -4.55. The quantitative estimate of drug-likeness (QED) is 0.216. The number of aromatic nitrogens is 2. The first-order chi connectivity index (χ1) is 23.0. The number of likely N-dealkylation sites (tertiary alicyclic amines) is 1. The van der Waals surface area contributed by atoms with Gasteiger partial charge in [0, 0.05) is 27.4 Å². The van der Waals surface area contributed by atoms with Crippen LogP contribution in [0.15, 0.2) is 21.1 Å². The molecule has 1 saturated heterocycles. The summed E-state index contributed by atoms with van der Waals surface area (Å²) in [6.07, 6.45) is -3.35. The third kappa shape index (κ3) is 11.3. The highest BCUT2D eigenvalue weighted by Crippen LogP contribution is 2.48. The summed E-state index contributed by atoms with van der Waals surface area (Å²) in [6.45, 7) is 22.3. The van der Waals surface area contributed by atoms with E-state index in [4.69, 9.17) is 23.7 Å². The summed E-state index contributed by atoms with van der Waals surface area (Å²) in [6, 6.07) is 2.35. The van der Waals surface area contributed by atoms with Crippen LogP contribution in [0.1, 0.15) is 108 Å². The molecule has 3 amide bonds. The highest BCUT2D eigenvalue weighted by Gasteiger charge is 2.47. The molecule has 0 spiro atoms. The SMILES string of the molecule is CC(C)(C)OC(=O)Oc1nn(-c2c(Br)cc(F)cc2Br)c(N(C(=O)OC(C)(C)C)C(=O)OC(C)(C)C)c1C1(C)CCN(C(=O)OC(C)(C)C)CC1. The van der Waals surface area contributed by atoms with Gasteiger partial charge >= 0.3 is 24.4 Å². The number of ether oxygens (including phenoxy) is 5. The Morgan fingerprint density at radius 1 is 0.765 bits per heavy atom. The zero-order valence-corrected chi connectivity index (χ0v) is 34.8. The van der Waals surface area contributed by atoms with Crippen molar-refractivity contribution < 1.29 is 47.3 Å². The van der Waals surface area contributed by atoms with Crippen LogP contribution in [0.5, 0.6) is 5.88 Å². The average Bonchev–Trinajstić information content (AvgIpc) is 3.22. The molecule has 2 aromatic rings. The minimum Gasteiger partial charge on any atom is -0.444 e. The van der Waals surface area contributed by atoms with Crippen molar-refractivity contribution in [2.24, 2.45) is 0 Å². The number of rotatable bonds is 4. The second kappa shape index (κ2) is 14.9. The van der Waals surface area contributed by atoms with Gasteiger partial charge in [0.15, 0.2) is 5.82 Å². The molecule has 51 heavy (non-hydrogen) atoms. The lowest BCUT2D eigenvalue weighted by atomic mass is 9.75. The number of carbonyl (C=O) groups is 4. The second-order valence-electron chi connectivity index (χ2n) is 16.5. The number of nitrogens with zero attached hydrogens (tertiary/aromatic N) is 4. The molecule has 13 nitrogen and oxygen atoms in total. The topological polar surface area (TPSA) is 139 Å². The lowest BCUT2D eigenvalue weighted by Crippen LogP contribution is -2.48. The number of amides is 3. The van der Waals surface area contributed by atoms with Crippen LogP contribution >= 0.6 is 31.9 Å². The summed E-state index contributed by atoms with van der Waals surface area (Å²) >= 11 is 6.80. The van der Waals surface area contributed by atoms with E-state index >= 15 is 0 Å². The van der Waals surface area contributed by atoms with Gasteiger partial charge in [0.05, 0.1) is 11.3 Å². The standard InChI is InChI=1S/C35H49Br2FN4O9/c1-31(2,3)48-27(43)40-16-14-35(13,15-17-40)23-25(47-30(46)51-34(10,11)12)39-42(24-21(36)18-20(38)19-22(24)37)26(23)41(28(44)49-32(4,5)6)29(45)50-33(7,8)9/h18-19H,14-17H2,1-13H3. The van der Waals surface area contributed by atoms with Crippen molar-refractivity contribution in [2.45, 2.75) is 131 Å². The Bertz CT molecular complexity index is 1610. The Hall–Kier alpha value is -3.40. The minimum atomic E-state index is -1.12. The number of hydrogen-bond donors (Lipinski definition) is 0. The first-order valence-electron chi connectivity index (χ1n) is 16.4. The van der Waals surface area contributed by atoms with Gasteiger partial charge in [-0.3, -0.25) is 0 Å². The van der Waals surface area contributed by atoms with E-state index in [0.29, 0.717) is 4.90 Å². The predicted molar refractivity (Wildman–Crippen MR) is 195 cm³/mol. The van der Waals surface area contributed by atoms with Gasteiger partial charge in [0.1, 0.15) is 28.2 Å². The fraction of sp³-hybridized carbons (Fsp3) is 0.629. The molecule has 1 aromatic carbocycles. The van der Waals surface area contributed by atoms with Gasteiger partial charge in [-0.2, -0.15) is 4.90 Å². The van der Waals surface area contributed by atoms with E-state index < -0.39 is 58.1 Å². The Morgan fingerprint density at radius 2 is 1.20 bits per heavy atom. The van der Waals surface area contributed by atoms with Crippen LogP contribution in [0, 0.1) is 5.82 Å². The van der Waals surface area contributed by atoms with E-state index in [0.717, 1.165) is 0 Å². The van der Waals surface area contributed by atoms with Crippen LogP contribution in [0.4, 0.5) is 29.4 Å². The van der Waals surface area contributed by atoms with Gasteiger partial charge in [0.2, 0.25) is 0 Å². The zero-order valence-electron chi connectivity index (χ0n) is 31.6. The predicted octanol–water partition coefficient (Wildman–Crippen LogP) is 9.82. The molecule has 0 bridgehead atoms. The molecule has 0 unspecified atom stereocenters. The maximum atomic E-state index is 14.6. The number of carbonyl (C=O) groups excluding carboxylic acids is 4. The van der Waals surface area contributed by atoms with Crippen molar-refractivity contribution in [3.05, 3.63) is 32.5 Å². The van der Waals surface area contributed by atoms with Crippen molar-refractivity contribution in [1.82, 2.24) is 14.7 Å². The largest absolute Gasteiger partial charge is 0.515 e. The maximum Gasteiger partial charge on any atom is 0.515 e. The number of imide groups is 1. The molecule has 0 N–H and O–H groups in total. The third-order valence-corrected chi connectivity index (χ3v) is 8.29. The molecule has 0 aliphatic carbocycles. The average molecular weight is 849 g/mol. The minimum absolute atomic E-state index is 0.136. The summed E-state index contributed by atoms with van der Waals surface area (Å²) in [5.74, 6) is -1.10. The lowest BCUT2D eigenvalue weighted by Gasteiger charge is -2.40. The van der Waals surface area contributed by atoms with Crippen molar-refractivity contribution in [3.8, 4) is 11.6 Å². The number of halogens is 3. The van der Waals surface area contributed by atoms with E-state index in [-0.39, 0.29) is 57.8 Å². The van der Waals surface area contributed by atoms with E-state index in [9.17, 15) is 23.6 Å². The monoisotopic (exact) mass is 846 g/mol. The zero-order chi connectivity index (χ0) is 39.1. The summed E-state index contributed by atoms with van der Waals surface area (Å²) in [7, 11) is 0. The Kier molecular flexibility index (Phi) is 12.3. The highest BCUT2D eigenvalue weighted by molar-refractivity contribution is 9.11. The van der Waals surface area contributed by atoms with Gasteiger partial charge in [-0.1, -0.05) is 6.92 Å². The Morgan fingerprint density at radius 3 is 1.61 bits per heavy atom. The molecule has 0 radical (unpaired) electrons. The normalized spacial score (nSPS) is 15.2. The lowest BCUT2D eigenvalue weighted by molar-refractivity contribution is 0.0166. The van der Waals surface area contributed by atoms with Crippen LogP contribution in [0.2, 0.25) is 0 Å². The molecule has 1 aliphatic rings. The summed E-state index contributed by atoms with van der Waals surface area (Å²) in [4.78, 5) is 57.0. The second-order valence-corrected chi connectivity index (χ2v) is 18.2. The van der Waals surface area contributed by atoms with Gasteiger partial charge in [-0.25, -0.2) is 28.3 Å². The number of piperidine rings is 1. The van der Waals surface area contributed by atoms with E-state index in [1.807, 2.05) is 6.92 Å². The molecule has 1 fully saturated rings. The molecule has 1 aliphatic heterocycles. The molecule has 0 atom stereocenters. The number of anilines is 1. The van der Waals surface area contributed by atoms with Crippen LogP contribution < -0.4 is 9.64 Å². The van der Waals surface area contributed by atoms with Crippen LogP contribution in [-0.2, 0) is 24.4 Å². The summed E-state index contributed by atoms with van der Waals surface area (Å²) in [5, 5.41) is 4.65. The van der Waals surface area contributed by atoms with Crippen molar-refractivity contribution in [3.63, 3.8) is 0 Å². The van der Waals surface area contributed by atoms with Crippen molar-refractivity contribution >= 4 is 62.1 Å².